The number of rotatable bonds is 3. The molecule has 3 nitrogen and oxygen atoms in total. The maximum Gasteiger partial charge on any atom is 0.259 e. The predicted molar refractivity (Wildman–Crippen MR) is 91.2 cm³/mol. The normalized spacial score (nSPS) is 19.9. The van der Waals surface area contributed by atoms with E-state index in [1.165, 1.54) is 11.0 Å². The monoisotopic (exact) mass is 352 g/mol. The minimum absolute atomic E-state index is 0. The lowest BCUT2D eigenvalue weighted by Gasteiger charge is -2.17. The number of nitrogens with two attached hydrogens (primary N) is 1. The Bertz CT molecular complexity index is 691. The Hall–Kier alpha value is -1.98. The molecule has 0 aromatic heterocycles. The van der Waals surface area contributed by atoms with Crippen LogP contribution in [-0.4, -0.2) is 30.4 Å². The molecule has 2 aromatic carbocycles. The van der Waals surface area contributed by atoms with E-state index in [9.17, 15) is 13.6 Å². The Balaban J connectivity index is 0.00000208. The molecule has 1 aliphatic heterocycles. The zero-order chi connectivity index (χ0) is 16.4. The number of hydrogen-bond acceptors (Lipinski definition) is 2. The lowest BCUT2D eigenvalue weighted by atomic mass is 9.89. The molecule has 0 bridgehead atoms. The Kier molecular flexibility index (Phi) is 5.91. The summed E-state index contributed by atoms with van der Waals surface area (Å²) in [6.07, 6.45) is 0. The fraction of sp³-hybridized carbons (Fsp3) is 0.278. The van der Waals surface area contributed by atoms with Crippen LogP contribution in [0.5, 0.6) is 0 Å². The van der Waals surface area contributed by atoms with Gasteiger partial charge in [0.2, 0.25) is 0 Å². The summed E-state index contributed by atoms with van der Waals surface area (Å²) in [5.41, 5.74) is 6.44. The fourth-order valence-corrected chi connectivity index (χ4v) is 3.21. The molecule has 1 saturated heterocycles. The van der Waals surface area contributed by atoms with Crippen LogP contribution in [0.3, 0.4) is 0 Å². The van der Waals surface area contributed by atoms with E-state index >= 15 is 0 Å². The fourth-order valence-electron chi connectivity index (χ4n) is 3.21. The molecule has 2 atom stereocenters. The van der Waals surface area contributed by atoms with E-state index in [1.807, 2.05) is 30.3 Å². The van der Waals surface area contributed by atoms with Crippen LogP contribution in [0, 0.1) is 17.6 Å². The number of halogens is 3. The second-order valence-corrected chi connectivity index (χ2v) is 5.82. The van der Waals surface area contributed by atoms with Crippen molar-refractivity contribution in [1.82, 2.24) is 4.90 Å². The third-order valence-electron chi connectivity index (χ3n) is 4.44. The molecule has 1 aliphatic rings. The molecule has 0 spiro atoms. The first-order chi connectivity index (χ1) is 11.1. The summed E-state index contributed by atoms with van der Waals surface area (Å²) in [5.74, 6) is -2.11. The van der Waals surface area contributed by atoms with Gasteiger partial charge in [0.25, 0.3) is 5.91 Å². The molecule has 1 heterocycles. The zero-order valence-electron chi connectivity index (χ0n) is 13.0. The molecule has 3 rings (SSSR count). The van der Waals surface area contributed by atoms with Gasteiger partial charge in [0.15, 0.2) is 0 Å². The number of amides is 1. The van der Waals surface area contributed by atoms with Gasteiger partial charge < -0.3 is 10.6 Å². The Morgan fingerprint density at radius 3 is 2.25 bits per heavy atom. The first kappa shape index (κ1) is 18.4. The van der Waals surface area contributed by atoms with Crippen molar-refractivity contribution in [1.29, 1.82) is 0 Å². The van der Waals surface area contributed by atoms with Crippen molar-refractivity contribution in [3.8, 4) is 0 Å². The molecule has 6 heteroatoms. The van der Waals surface area contributed by atoms with Crippen molar-refractivity contribution in [3.63, 3.8) is 0 Å². The van der Waals surface area contributed by atoms with Crippen LogP contribution < -0.4 is 5.73 Å². The minimum Gasteiger partial charge on any atom is -0.337 e. The average Bonchev–Trinajstić information content (AvgIpc) is 3.00. The summed E-state index contributed by atoms with van der Waals surface area (Å²) >= 11 is 0. The van der Waals surface area contributed by atoms with E-state index < -0.39 is 23.1 Å². The third-order valence-corrected chi connectivity index (χ3v) is 4.44. The summed E-state index contributed by atoms with van der Waals surface area (Å²) in [4.78, 5) is 14.0. The SMILES string of the molecule is Cl.NC[C@@H]1CN(C(=O)c2c(F)cccc2F)C[C@H]1c1ccccc1. The van der Waals surface area contributed by atoms with E-state index in [1.54, 1.807) is 0 Å². The largest absolute Gasteiger partial charge is 0.337 e. The molecule has 2 N–H and O–H groups in total. The quantitative estimate of drug-likeness (QED) is 0.922. The molecular weight excluding hydrogens is 334 g/mol. The smallest absolute Gasteiger partial charge is 0.259 e. The summed E-state index contributed by atoms with van der Waals surface area (Å²) in [6, 6.07) is 13.2. The van der Waals surface area contributed by atoms with E-state index in [0.29, 0.717) is 19.6 Å². The molecule has 0 unspecified atom stereocenters. The number of nitrogens with zero attached hydrogens (tertiary/aromatic N) is 1. The summed E-state index contributed by atoms with van der Waals surface area (Å²) in [6.45, 7) is 1.24. The van der Waals surface area contributed by atoms with Gasteiger partial charge in [-0.2, -0.15) is 0 Å². The van der Waals surface area contributed by atoms with Gasteiger partial charge in [-0.05, 0) is 30.2 Å². The van der Waals surface area contributed by atoms with E-state index in [-0.39, 0.29) is 24.2 Å². The second-order valence-electron chi connectivity index (χ2n) is 5.82. The van der Waals surface area contributed by atoms with Crippen molar-refractivity contribution in [2.24, 2.45) is 11.7 Å². The van der Waals surface area contributed by atoms with Crippen molar-refractivity contribution < 1.29 is 13.6 Å². The molecule has 0 aliphatic carbocycles. The number of carbonyl (C=O) groups is 1. The highest BCUT2D eigenvalue weighted by molar-refractivity contribution is 5.95. The highest BCUT2D eigenvalue weighted by atomic mass is 35.5. The predicted octanol–water partition coefficient (Wildman–Crippen LogP) is 3.20. The van der Waals surface area contributed by atoms with Crippen LogP contribution in [0.1, 0.15) is 21.8 Å². The first-order valence-electron chi connectivity index (χ1n) is 7.60. The van der Waals surface area contributed by atoms with E-state index in [4.69, 9.17) is 5.73 Å². The summed E-state index contributed by atoms with van der Waals surface area (Å²) in [7, 11) is 0. The van der Waals surface area contributed by atoms with Gasteiger partial charge in [0, 0.05) is 19.0 Å². The maximum absolute atomic E-state index is 13.8. The van der Waals surface area contributed by atoms with Crippen LogP contribution in [0.15, 0.2) is 48.5 Å². The van der Waals surface area contributed by atoms with Gasteiger partial charge in [-0.1, -0.05) is 36.4 Å². The Morgan fingerprint density at radius 1 is 1.04 bits per heavy atom. The summed E-state index contributed by atoms with van der Waals surface area (Å²) < 4.78 is 27.7. The maximum atomic E-state index is 13.8. The average molecular weight is 353 g/mol. The van der Waals surface area contributed by atoms with Crippen LogP contribution in [0.2, 0.25) is 0 Å². The second kappa shape index (κ2) is 7.73. The molecule has 1 fully saturated rings. The molecule has 2 aromatic rings. The van der Waals surface area contributed by atoms with Gasteiger partial charge in [0.1, 0.15) is 17.2 Å². The van der Waals surface area contributed by atoms with Crippen LogP contribution >= 0.6 is 12.4 Å². The van der Waals surface area contributed by atoms with Crippen LogP contribution in [0.4, 0.5) is 8.78 Å². The van der Waals surface area contributed by atoms with Crippen LogP contribution in [-0.2, 0) is 0 Å². The molecule has 128 valence electrons. The number of benzene rings is 2. The lowest BCUT2D eigenvalue weighted by molar-refractivity contribution is 0.0776. The highest BCUT2D eigenvalue weighted by Crippen LogP contribution is 2.33. The van der Waals surface area contributed by atoms with Crippen molar-refractivity contribution >= 4 is 18.3 Å². The van der Waals surface area contributed by atoms with Crippen molar-refractivity contribution in [2.75, 3.05) is 19.6 Å². The molecule has 24 heavy (non-hydrogen) atoms. The topological polar surface area (TPSA) is 46.3 Å². The Labute approximate surface area is 145 Å². The van der Waals surface area contributed by atoms with Crippen LogP contribution in [0.25, 0.3) is 0 Å². The molecule has 1 amide bonds. The number of likely N-dealkylation sites (tertiary alicyclic amines) is 1. The number of hydrogen-bond donors (Lipinski definition) is 1. The van der Waals surface area contributed by atoms with Gasteiger partial charge in [-0.25, -0.2) is 8.78 Å². The Morgan fingerprint density at radius 2 is 1.67 bits per heavy atom. The number of carbonyl (C=O) groups excluding carboxylic acids is 1. The highest BCUT2D eigenvalue weighted by Gasteiger charge is 2.36. The van der Waals surface area contributed by atoms with Gasteiger partial charge in [0.05, 0.1) is 0 Å². The van der Waals surface area contributed by atoms with E-state index in [2.05, 4.69) is 0 Å². The first-order valence-corrected chi connectivity index (χ1v) is 7.60. The van der Waals surface area contributed by atoms with Gasteiger partial charge in [-0.3, -0.25) is 4.79 Å². The molecular formula is C18H19ClF2N2O. The third kappa shape index (κ3) is 3.42. The molecule has 0 radical (unpaired) electrons. The molecule has 0 saturated carbocycles. The minimum atomic E-state index is -0.831. The van der Waals surface area contributed by atoms with Gasteiger partial charge in [-0.15, -0.1) is 12.4 Å². The lowest BCUT2D eigenvalue weighted by Crippen LogP contribution is -2.31. The van der Waals surface area contributed by atoms with Crippen molar-refractivity contribution in [3.05, 3.63) is 71.3 Å². The van der Waals surface area contributed by atoms with Gasteiger partial charge >= 0.3 is 0 Å². The van der Waals surface area contributed by atoms with Crippen molar-refractivity contribution in [2.45, 2.75) is 5.92 Å². The van der Waals surface area contributed by atoms with E-state index in [0.717, 1.165) is 17.7 Å². The zero-order valence-corrected chi connectivity index (χ0v) is 13.8. The standard InChI is InChI=1S/C18H18F2N2O.ClH/c19-15-7-4-8-16(20)17(15)18(23)22-10-13(9-21)14(11-22)12-5-2-1-3-6-12;/h1-8,13-14H,9-11,21H2;1H/t13-,14+;/m1./s1. The summed E-state index contributed by atoms with van der Waals surface area (Å²) in [5, 5.41) is 0.